The Bertz CT molecular complexity index is 1460. The van der Waals surface area contributed by atoms with E-state index in [1.54, 1.807) is 38.0 Å². The summed E-state index contributed by atoms with van der Waals surface area (Å²) in [7, 11) is 7.43. The van der Waals surface area contributed by atoms with Crippen molar-refractivity contribution >= 4 is 17.5 Å². The lowest BCUT2D eigenvalue weighted by Crippen LogP contribution is -2.62. The number of carbonyl (C=O) groups is 2. The first-order valence-corrected chi connectivity index (χ1v) is 17.0. The van der Waals surface area contributed by atoms with Crippen molar-refractivity contribution in [3.63, 3.8) is 0 Å². The molecule has 47 heavy (non-hydrogen) atoms. The number of benzene rings is 2. The van der Waals surface area contributed by atoms with Gasteiger partial charge in [-0.15, -0.1) is 0 Å². The summed E-state index contributed by atoms with van der Waals surface area (Å²) in [6, 6.07) is 11.6. The second kappa shape index (κ2) is 13.7. The molecule has 0 unspecified atom stereocenters. The number of aliphatic hydroxyl groups is 1. The summed E-state index contributed by atoms with van der Waals surface area (Å²) in [6.07, 6.45) is 0.894. The number of nitrogens with two attached hydrogens (primary N) is 1. The minimum Gasteiger partial charge on any atom is -0.496 e. The molecule has 2 bridgehead atoms. The van der Waals surface area contributed by atoms with Gasteiger partial charge in [-0.05, 0) is 72.3 Å². The largest absolute Gasteiger partial charge is 0.496 e. The third-order valence-corrected chi connectivity index (χ3v) is 11.5. The number of ether oxygens (including phenoxy) is 1. The van der Waals surface area contributed by atoms with Gasteiger partial charge in [-0.1, -0.05) is 39.0 Å². The maximum Gasteiger partial charge on any atom is 0.240 e. The first-order valence-electron chi connectivity index (χ1n) is 17.0. The predicted molar refractivity (Wildman–Crippen MR) is 184 cm³/mol. The summed E-state index contributed by atoms with van der Waals surface area (Å²) in [4.78, 5) is 36.3. The van der Waals surface area contributed by atoms with Crippen molar-refractivity contribution in [2.45, 2.75) is 84.8 Å². The Morgan fingerprint density at radius 1 is 1.19 bits per heavy atom. The van der Waals surface area contributed by atoms with E-state index in [-0.39, 0.29) is 30.9 Å². The third kappa shape index (κ3) is 6.75. The van der Waals surface area contributed by atoms with Crippen LogP contribution in [-0.4, -0.2) is 86.0 Å². The highest BCUT2D eigenvalue weighted by molar-refractivity contribution is 5.83. The first-order chi connectivity index (χ1) is 22.2. The van der Waals surface area contributed by atoms with Crippen molar-refractivity contribution in [2.24, 2.45) is 34.8 Å². The second-order valence-electron chi connectivity index (χ2n) is 14.9. The van der Waals surface area contributed by atoms with E-state index in [9.17, 15) is 14.7 Å². The number of methoxy groups -OCH3 is 1. The quantitative estimate of drug-likeness (QED) is 0.334. The van der Waals surface area contributed by atoms with Gasteiger partial charge < -0.3 is 30.7 Å². The molecule has 258 valence electrons. The van der Waals surface area contributed by atoms with Crippen LogP contribution in [0.15, 0.2) is 36.4 Å². The Hall–Kier alpha value is -3.18. The smallest absolute Gasteiger partial charge is 0.240 e. The van der Waals surface area contributed by atoms with Crippen molar-refractivity contribution in [2.75, 3.05) is 39.7 Å². The number of aliphatic hydroxyl groups excluding tert-OH is 1. The average Bonchev–Trinajstić information content (AvgIpc) is 3.40. The van der Waals surface area contributed by atoms with E-state index in [4.69, 9.17) is 15.3 Å². The van der Waals surface area contributed by atoms with E-state index in [2.05, 4.69) is 44.3 Å². The molecule has 10 heteroatoms. The van der Waals surface area contributed by atoms with Gasteiger partial charge in [0, 0.05) is 69.9 Å². The Kier molecular flexibility index (Phi) is 10.3. The molecule has 0 spiro atoms. The minimum absolute atomic E-state index is 0.00421. The van der Waals surface area contributed by atoms with Gasteiger partial charge in [-0.25, -0.2) is 0 Å². The lowest BCUT2D eigenvalue weighted by molar-refractivity contribution is -0.175. The van der Waals surface area contributed by atoms with Crippen LogP contribution >= 0.6 is 0 Å². The predicted octanol–water partition coefficient (Wildman–Crippen LogP) is 4.03. The molecule has 1 aliphatic heterocycles. The molecule has 1 saturated heterocycles. The highest BCUT2D eigenvalue weighted by atomic mass is 16.7. The zero-order valence-electron chi connectivity index (χ0n) is 29.6. The van der Waals surface area contributed by atoms with Crippen LogP contribution < -0.4 is 20.7 Å². The third-order valence-electron chi connectivity index (χ3n) is 11.5. The first kappa shape index (κ1) is 35.1. The van der Waals surface area contributed by atoms with Crippen LogP contribution in [-0.2, 0) is 27.5 Å². The Balaban J connectivity index is 1.46. The molecular formula is C37H55N5O5. The summed E-state index contributed by atoms with van der Waals surface area (Å²) in [6.45, 7) is 11.2. The highest BCUT2D eigenvalue weighted by Crippen LogP contribution is 2.61. The number of hydrogen-bond acceptors (Lipinski definition) is 8. The molecule has 0 radical (unpaired) electrons. The Morgan fingerprint density at radius 2 is 1.91 bits per heavy atom. The standard InChI is InChI=1S/C37H55N5O5/c1-21-30-16-27(37(30,4)5)17-31(21)39-36(45)34-33(22(2)43)32(18-38)47-42(34)20-25-11-10-12-29(35(25)46-9)26-13-24(19-41(8)23(3)44)14-28(15-26)40(6)7/h10-15,21-22,27,30-34,43H,16-20,38H2,1-9H3,(H,39,45)/t21-,22-,27+,30-,31-,32-,33-,34-/m0/s1. The van der Waals surface area contributed by atoms with E-state index < -0.39 is 24.2 Å². The maximum atomic E-state index is 14.2. The number of nitrogens with zero attached hydrogens (tertiary/aromatic N) is 3. The fraction of sp³-hybridized carbons (Fsp3) is 0.622. The number of para-hydroxylation sites is 1. The summed E-state index contributed by atoms with van der Waals surface area (Å²) in [5, 5.41) is 16.0. The molecular weight excluding hydrogens is 594 g/mol. The topological polar surface area (TPSA) is 121 Å². The van der Waals surface area contributed by atoms with Gasteiger partial charge in [0.1, 0.15) is 11.8 Å². The van der Waals surface area contributed by atoms with E-state index in [1.807, 2.05) is 37.2 Å². The van der Waals surface area contributed by atoms with E-state index in [0.717, 1.165) is 34.4 Å². The lowest BCUT2D eigenvalue weighted by atomic mass is 9.45. The number of rotatable bonds is 11. The molecule has 3 aliphatic carbocycles. The zero-order chi connectivity index (χ0) is 34.4. The highest BCUT2D eigenvalue weighted by Gasteiger charge is 2.57. The average molecular weight is 650 g/mol. The van der Waals surface area contributed by atoms with Gasteiger partial charge >= 0.3 is 0 Å². The number of fused-ring (bicyclic) bond motifs is 2. The molecule has 4 N–H and O–H groups in total. The summed E-state index contributed by atoms with van der Waals surface area (Å²) >= 11 is 0. The minimum atomic E-state index is -0.797. The summed E-state index contributed by atoms with van der Waals surface area (Å²) in [5.74, 6) is 1.62. The number of nitrogens with one attached hydrogen (secondary N) is 1. The monoisotopic (exact) mass is 649 g/mol. The Labute approximate surface area is 280 Å². The van der Waals surface area contributed by atoms with Gasteiger partial charge in [0.05, 0.1) is 25.9 Å². The lowest BCUT2D eigenvalue weighted by Gasteiger charge is -2.62. The van der Waals surface area contributed by atoms with Crippen molar-refractivity contribution in [1.29, 1.82) is 0 Å². The molecule has 2 aromatic rings. The molecule has 4 aliphatic rings. The zero-order valence-corrected chi connectivity index (χ0v) is 29.6. The van der Waals surface area contributed by atoms with E-state index in [1.165, 1.54) is 6.42 Å². The molecule has 2 amide bonds. The molecule has 10 nitrogen and oxygen atoms in total. The van der Waals surface area contributed by atoms with Gasteiger partial charge in [0.2, 0.25) is 11.8 Å². The van der Waals surface area contributed by atoms with Crippen LogP contribution in [0.5, 0.6) is 5.75 Å². The van der Waals surface area contributed by atoms with Crippen LogP contribution in [0.2, 0.25) is 0 Å². The molecule has 3 saturated carbocycles. The Morgan fingerprint density at radius 3 is 2.49 bits per heavy atom. The fourth-order valence-corrected chi connectivity index (χ4v) is 8.44. The second-order valence-corrected chi connectivity index (χ2v) is 14.9. The van der Waals surface area contributed by atoms with Gasteiger partial charge in [0.25, 0.3) is 0 Å². The molecule has 0 aromatic heterocycles. The molecule has 8 atom stereocenters. The molecule has 6 rings (SSSR count). The SMILES string of the molecule is COc1c(CN2O[C@@H](CN)[C@H]([C@H](C)O)[C@H]2C(=O)N[C@H]2C[C@H]3C[C@@H]([C@@H]2C)C3(C)C)cccc1-c1cc(CN(C)C(C)=O)cc(N(C)C)c1. The van der Waals surface area contributed by atoms with Crippen molar-refractivity contribution in [1.82, 2.24) is 15.3 Å². The molecule has 1 heterocycles. The maximum absolute atomic E-state index is 14.2. The van der Waals surface area contributed by atoms with Crippen LogP contribution in [0.4, 0.5) is 5.69 Å². The van der Waals surface area contributed by atoms with Gasteiger partial charge in [-0.2, -0.15) is 5.06 Å². The number of hydrogen-bond donors (Lipinski definition) is 3. The van der Waals surface area contributed by atoms with Crippen molar-refractivity contribution < 1.29 is 24.3 Å². The number of hydroxylamine groups is 2. The van der Waals surface area contributed by atoms with Crippen molar-refractivity contribution in [3.8, 4) is 16.9 Å². The van der Waals surface area contributed by atoms with Crippen LogP contribution in [0.25, 0.3) is 11.1 Å². The van der Waals surface area contributed by atoms with Gasteiger partial charge in [-0.3, -0.25) is 14.4 Å². The van der Waals surface area contributed by atoms with Crippen LogP contribution in [0, 0.1) is 29.1 Å². The summed E-state index contributed by atoms with van der Waals surface area (Å²) < 4.78 is 6.06. The van der Waals surface area contributed by atoms with Crippen molar-refractivity contribution in [3.05, 3.63) is 47.5 Å². The fourth-order valence-electron chi connectivity index (χ4n) is 8.44. The van der Waals surface area contributed by atoms with Crippen LogP contribution in [0.1, 0.15) is 58.6 Å². The van der Waals surface area contributed by atoms with E-state index in [0.29, 0.717) is 35.5 Å². The summed E-state index contributed by atoms with van der Waals surface area (Å²) in [5.41, 5.74) is 11.2. The van der Waals surface area contributed by atoms with Gasteiger partial charge in [0.15, 0.2) is 0 Å². The molecule has 4 fully saturated rings. The molecule has 2 aromatic carbocycles. The van der Waals surface area contributed by atoms with Crippen LogP contribution in [0.3, 0.4) is 0 Å². The number of anilines is 1. The normalized spacial score (nSPS) is 28.7. The number of amides is 2. The number of carbonyl (C=O) groups excluding carboxylic acids is 2. The van der Waals surface area contributed by atoms with E-state index >= 15 is 0 Å².